The second-order valence-corrected chi connectivity index (χ2v) is 9.68. The first kappa shape index (κ1) is 24.8. The highest BCUT2D eigenvalue weighted by Crippen LogP contribution is 2.30. The monoisotopic (exact) mass is 468 g/mol. The van der Waals surface area contributed by atoms with Gasteiger partial charge in [0.05, 0.1) is 19.8 Å². The number of piperazine rings is 1. The largest absolute Gasteiger partial charge is 0.493 e. The molecule has 186 valence electrons. The predicted octanol–water partition coefficient (Wildman–Crippen LogP) is 2.39. The summed E-state index contributed by atoms with van der Waals surface area (Å²) in [7, 11) is 5.83. The van der Waals surface area contributed by atoms with Crippen molar-refractivity contribution in [3.05, 3.63) is 54.1 Å². The van der Waals surface area contributed by atoms with Crippen LogP contribution in [0.3, 0.4) is 0 Å². The van der Waals surface area contributed by atoms with Gasteiger partial charge in [-0.15, -0.1) is 0 Å². The highest BCUT2D eigenvalue weighted by atomic mass is 16.5. The van der Waals surface area contributed by atoms with Crippen LogP contribution in [-0.2, 0) is 6.54 Å². The van der Waals surface area contributed by atoms with Crippen LogP contribution in [0.1, 0.15) is 12.0 Å². The number of anilines is 1. The molecule has 7 heteroatoms. The van der Waals surface area contributed by atoms with Gasteiger partial charge in [0, 0.05) is 64.1 Å². The normalized spacial score (nSPS) is 21.9. The molecule has 0 amide bonds. The molecule has 2 saturated heterocycles. The van der Waals surface area contributed by atoms with Crippen LogP contribution in [0.2, 0.25) is 0 Å². The summed E-state index contributed by atoms with van der Waals surface area (Å²) in [5.74, 6) is 1.57. The van der Waals surface area contributed by atoms with Gasteiger partial charge in [0.25, 0.3) is 0 Å². The van der Waals surface area contributed by atoms with Gasteiger partial charge in [-0.3, -0.25) is 9.80 Å². The number of aliphatic hydroxyl groups is 1. The van der Waals surface area contributed by atoms with Crippen LogP contribution < -0.4 is 14.4 Å². The molecule has 2 aromatic rings. The summed E-state index contributed by atoms with van der Waals surface area (Å²) in [6.07, 6.45) is 0.661. The molecular formula is C27H40N4O3. The Morgan fingerprint density at radius 1 is 0.971 bits per heavy atom. The molecule has 2 fully saturated rings. The number of benzene rings is 2. The molecule has 34 heavy (non-hydrogen) atoms. The van der Waals surface area contributed by atoms with Gasteiger partial charge in [0.1, 0.15) is 0 Å². The van der Waals surface area contributed by atoms with E-state index in [9.17, 15) is 5.11 Å². The minimum absolute atomic E-state index is 0.194. The van der Waals surface area contributed by atoms with Crippen molar-refractivity contribution in [1.82, 2.24) is 14.7 Å². The van der Waals surface area contributed by atoms with Crippen molar-refractivity contribution in [3.8, 4) is 11.5 Å². The highest BCUT2D eigenvalue weighted by Gasteiger charge is 2.36. The van der Waals surface area contributed by atoms with Gasteiger partial charge < -0.3 is 24.4 Å². The molecule has 2 aromatic carbocycles. The number of rotatable bonds is 10. The fourth-order valence-corrected chi connectivity index (χ4v) is 5.04. The molecular weight excluding hydrogens is 428 g/mol. The fraction of sp³-hybridized carbons (Fsp3) is 0.556. The standard InChI is InChI=1S/C27H40N4O3/c1-28(2)12-7-17-34-26-11-10-22(18-27(26)33-3)19-29-20-24(25(32)21-29)31-15-13-30(14-16-31)23-8-5-4-6-9-23/h4-6,8-11,18,24-25,32H,7,12-17,19-21H2,1-3H3/t24-,25-/m0/s1. The lowest BCUT2D eigenvalue weighted by atomic mass is 10.1. The molecule has 0 saturated carbocycles. The Morgan fingerprint density at radius 3 is 2.44 bits per heavy atom. The Balaban J connectivity index is 1.28. The molecule has 0 radical (unpaired) electrons. The average molecular weight is 469 g/mol. The van der Waals surface area contributed by atoms with E-state index in [0.29, 0.717) is 13.2 Å². The quantitative estimate of drug-likeness (QED) is 0.538. The van der Waals surface area contributed by atoms with Crippen molar-refractivity contribution in [2.24, 2.45) is 0 Å². The molecule has 2 atom stereocenters. The van der Waals surface area contributed by atoms with Crippen molar-refractivity contribution >= 4 is 5.69 Å². The van der Waals surface area contributed by atoms with Crippen LogP contribution in [0.5, 0.6) is 11.5 Å². The minimum Gasteiger partial charge on any atom is -0.493 e. The maximum atomic E-state index is 10.8. The number of hydrogen-bond acceptors (Lipinski definition) is 7. The SMILES string of the molecule is COc1cc(CN2C[C@H](O)[C@@H](N3CCN(c4ccccc4)CC3)C2)ccc1OCCCN(C)C. The van der Waals surface area contributed by atoms with Crippen LogP contribution in [0.25, 0.3) is 0 Å². The number of nitrogens with zero attached hydrogens (tertiary/aromatic N) is 4. The summed E-state index contributed by atoms with van der Waals surface area (Å²) in [5, 5.41) is 10.8. The van der Waals surface area contributed by atoms with Gasteiger partial charge in [0.15, 0.2) is 11.5 Å². The third kappa shape index (κ3) is 6.42. The maximum Gasteiger partial charge on any atom is 0.161 e. The van der Waals surface area contributed by atoms with Crippen LogP contribution in [0, 0.1) is 0 Å². The number of likely N-dealkylation sites (tertiary alicyclic amines) is 1. The lowest BCUT2D eigenvalue weighted by molar-refractivity contribution is 0.0791. The zero-order valence-electron chi connectivity index (χ0n) is 20.9. The summed E-state index contributed by atoms with van der Waals surface area (Å²) >= 11 is 0. The van der Waals surface area contributed by atoms with Crippen LogP contribution in [0.4, 0.5) is 5.69 Å². The summed E-state index contributed by atoms with van der Waals surface area (Å²) in [4.78, 5) is 9.41. The lowest BCUT2D eigenvalue weighted by Gasteiger charge is -2.39. The smallest absolute Gasteiger partial charge is 0.161 e. The van der Waals surface area contributed by atoms with Gasteiger partial charge in [-0.25, -0.2) is 0 Å². The maximum absolute atomic E-state index is 10.8. The number of methoxy groups -OCH3 is 1. The average Bonchev–Trinajstić information content (AvgIpc) is 3.22. The van der Waals surface area contributed by atoms with E-state index in [1.165, 1.54) is 11.3 Å². The van der Waals surface area contributed by atoms with Gasteiger partial charge in [-0.05, 0) is 50.3 Å². The molecule has 2 aliphatic rings. The molecule has 2 aliphatic heterocycles. The summed E-state index contributed by atoms with van der Waals surface area (Å²) in [6, 6.07) is 17.0. The lowest BCUT2D eigenvalue weighted by Crippen LogP contribution is -2.53. The second-order valence-electron chi connectivity index (χ2n) is 9.68. The molecule has 1 N–H and O–H groups in total. The highest BCUT2D eigenvalue weighted by molar-refractivity contribution is 5.46. The second kappa shape index (κ2) is 11.9. The van der Waals surface area contributed by atoms with E-state index in [1.807, 2.05) is 6.07 Å². The minimum atomic E-state index is -0.315. The molecule has 4 rings (SSSR count). The van der Waals surface area contributed by atoms with Gasteiger partial charge in [-0.1, -0.05) is 24.3 Å². The van der Waals surface area contributed by atoms with E-state index in [2.05, 4.69) is 76.2 Å². The Labute approximate surface area is 204 Å². The zero-order valence-corrected chi connectivity index (χ0v) is 20.9. The fourth-order valence-electron chi connectivity index (χ4n) is 5.04. The van der Waals surface area contributed by atoms with Crippen LogP contribution in [-0.4, -0.2) is 106 Å². The third-order valence-corrected chi connectivity index (χ3v) is 6.88. The number of aliphatic hydroxyl groups excluding tert-OH is 1. The third-order valence-electron chi connectivity index (χ3n) is 6.88. The Hall–Kier alpha value is -2.32. The van der Waals surface area contributed by atoms with E-state index in [4.69, 9.17) is 9.47 Å². The molecule has 2 heterocycles. The Kier molecular flexibility index (Phi) is 8.67. The predicted molar refractivity (Wildman–Crippen MR) is 137 cm³/mol. The van der Waals surface area contributed by atoms with Gasteiger partial charge in [0.2, 0.25) is 0 Å². The summed E-state index contributed by atoms with van der Waals surface area (Å²) in [5.41, 5.74) is 2.47. The Bertz CT molecular complexity index is 887. The van der Waals surface area contributed by atoms with E-state index in [1.54, 1.807) is 7.11 Å². The van der Waals surface area contributed by atoms with Crippen LogP contribution >= 0.6 is 0 Å². The van der Waals surface area contributed by atoms with Crippen molar-refractivity contribution in [2.45, 2.75) is 25.1 Å². The Morgan fingerprint density at radius 2 is 1.74 bits per heavy atom. The number of β-amino-alcohol motifs (C(OH)–C–C–N with tert-alkyl or cyclic N) is 1. The van der Waals surface area contributed by atoms with E-state index < -0.39 is 0 Å². The number of hydrogen-bond donors (Lipinski definition) is 1. The van der Waals surface area contributed by atoms with E-state index in [-0.39, 0.29) is 12.1 Å². The zero-order chi connectivity index (χ0) is 23.9. The molecule has 0 unspecified atom stereocenters. The molecule has 7 nitrogen and oxygen atoms in total. The molecule has 0 bridgehead atoms. The van der Waals surface area contributed by atoms with Crippen molar-refractivity contribution in [3.63, 3.8) is 0 Å². The number of ether oxygens (including phenoxy) is 2. The van der Waals surface area contributed by atoms with Crippen molar-refractivity contribution in [2.75, 3.05) is 78.5 Å². The van der Waals surface area contributed by atoms with Gasteiger partial charge in [-0.2, -0.15) is 0 Å². The van der Waals surface area contributed by atoms with Crippen molar-refractivity contribution < 1.29 is 14.6 Å². The van der Waals surface area contributed by atoms with E-state index in [0.717, 1.165) is 63.7 Å². The topological polar surface area (TPSA) is 51.7 Å². The van der Waals surface area contributed by atoms with Gasteiger partial charge >= 0.3 is 0 Å². The first-order chi connectivity index (χ1) is 16.5. The summed E-state index contributed by atoms with van der Waals surface area (Å²) < 4.78 is 11.5. The summed E-state index contributed by atoms with van der Waals surface area (Å²) in [6.45, 7) is 8.03. The first-order valence-electron chi connectivity index (χ1n) is 12.4. The molecule has 0 aromatic heterocycles. The van der Waals surface area contributed by atoms with Crippen molar-refractivity contribution in [1.29, 1.82) is 0 Å². The number of para-hydroxylation sites is 1. The first-order valence-corrected chi connectivity index (χ1v) is 12.4. The molecule has 0 spiro atoms. The van der Waals surface area contributed by atoms with Crippen LogP contribution in [0.15, 0.2) is 48.5 Å². The molecule has 0 aliphatic carbocycles. The van der Waals surface area contributed by atoms with E-state index >= 15 is 0 Å².